The Kier molecular flexibility index (Phi) is 7.99. The van der Waals surface area contributed by atoms with E-state index in [0.717, 1.165) is 24.3 Å². The highest BCUT2D eigenvalue weighted by atomic mass is 16.5. The van der Waals surface area contributed by atoms with E-state index in [1.807, 2.05) is 42.5 Å². The van der Waals surface area contributed by atoms with E-state index in [0.29, 0.717) is 31.2 Å². The summed E-state index contributed by atoms with van der Waals surface area (Å²) in [5.41, 5.74) is 1.75. The van der Waals surface area contributed by atoms with Crippen molar-refractivity contribution in [3.63, 3.8) is 0 Å². The normalized spacial score (nSPS) is 10.7. The highest BCUT2D eigenvalue weighted by Gasteiger charge is 2.05. The first kappa shape index (κ1) is 19.0. The molecule has 0 radical (unpaired) electrons. The maximum absolute atomic E-state index is 12.1. The first-order valence-corrected chi connectivity index (χ1v) is 8.78. The van der Waals surface area contributed by atoms with Gasteiger partial charge < -0.3 is 14.8 Å². The molecule has 0 aromatic heterocycles. The fourth-order valence-electron chi connectivity index (χ4n) is 2.24. The van der Waals surface area contributed by atoms with E-state index in [9.17, 15) is 4.79 Å². The first-order chi connectivity index (χ1) is 12.1. The van der Waals surface area contributed by atoms with E-state index in [1.54, 1.807) is 12.1 Å². The second-order valence-corrected chi connectivity index (χ2v) is 6.38. The maximum Gasteiger partial charge on any atom is 0.251 e. The van der Waals surface area contributed by atoms with Crippen molar-refractivity contribution in [3.8, 4) is 5.75 Å². The Balaban J connectivity index is 1.69. The minimum absolute atomic E-state index is 0.0709. The Bertz CT molecular complexity index is 623. The highest BCUT2D eigenvalue weighted by molar-refractivity contribution is 5.94. The fraction of sp³-hybridized carbons (Fsp3) is 0.381. The van der Waals surface area contributed by atoms with Crippen LogP contribution in [-0.4, -0.2) is 25.7 Å². The summed E-state index contributed by atoms with van der Waals surface area (Å²) in [5, 5.41) is 2.90. The average molecular weight is 341 g/mol. The van der Waals surface area contributed by atoms with Gasteiger partial charge >= 0.3 is 0 Å². The molecule has 0 unspecified atom stereocenters. The molecule has 0 aliphatic carbocycles. The van der Waals surface area contributed by atoms with Crippen molar-refractivity contribution < 1.29 is 14.3 Å². The zero-order valence-corrected chi connectivity index (χ0v) is 15.0. The summed E-state index contributed by atoms with van der Waals surface area (Å²) >= 11 is 0. The molecular formula is C21H27NO3. The summed E-state index contributed by atoms with van der Waals surface area (Å²) < 4.78 is 11.2. The van der Waals surface area contributed by atoms with Gasteiger partial charge in [-0.25, -0.2) is 0 Å². The van der Waals surface area contributed by atoms with Crippen LogP contribution in [0.15, 0.2) is 54.6 Å². The van der Waals surface area contributed by atoms with Crippen LogP contribution in [-0.2, 0) is 11.3 Å². The molecule has 4 heteroatoms. The molecule has 4 nitrogen and oxygen atoms in total. The van der Waals surface area contributed by atoms with Crippen LogP contribution in [0.2, 0.25) is 0 Å². The molecular weight excluding hydrogens is 314 g/mol. The number of nitrogens with one attached hydrogen (secondary N) is 1. The number of hydrogen-bond donors (Lipinski definition) is 1. The molecule has 0 heterocycles. The van der Waals surface area contributed by atoms with Crippen molar-refractivity contribution in [2.24, 2.45) is 5.92 Å². The molecule has 25 heavy (non-hydrogen) atoms. The molecule has 0 saturated carbocycles. The van der Waals surface area contributed by atoms with E-state index >= 15 is 0 Å². The van der Waals surface area contributed by atoms with Gasteiger partial charge in [-0.3, -0.25) is 4.79 Å². The van der Waals surface area contributed by atoms with Crippen molar-refractivity contribution in [3.05, 3.63) is 65.7 Å². The topological polar surface area (TPSA) is 47.6 Å². The van der Waals surface area contributed by atoms with Crippen LogP contribution >= 0.6 is 0 Å². The van der Waals surface area contributed by atoms with Crippen molar-refractivity contribution in [2.75, 3.05) is 19.8 Å². The van der Waals surface area contributed by atoms with Gasteiger partial charge in [0.05, 0.1) is 0 Å². The fourth-order valence-corrected chi connectivity index (χ4v) is 2.24. The first-order valence-electron chi connectivity index (χ1n) is 8.78. The summed E-state index contributed by atoms with van der Waals surface area (Å²) in [5.74, 6) is 1.22. The van der Waals surface area contributed by atoms with Crippen LogP contribution in [0.1, 0.15) is 36.2 Å². The van der Waals surface area contributed by atoms with E-state index in [1.165, 1.54) is 0 Å². The molecule has 0 aliphatic rings. The van der Waals surface area contributed by atoms with Crippen LogP contribution < -0.4 is 10.1 Å². The summed E-state index contributed by atoms with van der Waals surface area (Å²) in [6.45, 7) is 6.80. The minimum Gasteiger partial charge on any atom is -0.489 e. The molecule has 0 saturated heterocycles. The van der Waals surface area contributed by atoms with E-state index in [4.69, 9.17) is 9.47 Å². The van der Waals surface area contributed by atoms with Crippen molar-refractivity contribution in [2.45, 2.75) is 26.9 Å². The molecule has 0 bridgehead atoms. The molecule has 2 rings (SSSR count). The lowest BCUT2D eigenvalue weighted by Gasteiger charge is -2.09. The Hall–Kier alpha value is -2.33. The number of hydrogen-bond acceptors (Lipinski definition) is 3. The Morgan fingerprint density at radius 3 is 2.44 bits per heavy atom. The largest absolute Gasteiger partial charge is 0.489 e. The van der Waals surface area contributed by atoms with Crippen LogP contribution in [0.4, 0.5) is 0 Å². The van der Waals surface area contributed by atoms with Gasteiger partial charge in [0.2, 0.25) is 0 Å². The predicted molar refractivity (Wildman–Crippen MR) is 99.8 cm³/mol. The highest BCUT2D eigenvalue weighted by Crippen LogP contribution is 2.14. The number of amides is 1. The zero-order chi connectivity index (χ0) is 17.9. The number of rotatable bonds is 10. The van der Waals surface area contributed by atoms with Crippen LogP contribution in [0.5, 0.6) is 5.75 Å². The van der Waals surface area contributed by atoms with Gasteiger partial charge in [0.1, 0.15) is 12.4 Å². The molecule has 2 aromatic carbocycles. The molecule has 0 atom stereocenters. The zero-order valence-electron chi connectivity index (χ0n) is 15.0. The van der Waals surface area contributed by atoms with Crippen molar-refractivity contribution in [1.29, 1.82) is 0 Å². The lowest BCUT2D eigenvalue weighted by Crippen LogP contribution is -2.25. The standard InChI is InChI=1S/C21H27NO3/c1-17(2)15-24-14-6-13-22-21(23)19-9-11-20(12-10-19)25-16-18-7-4-3-5-8-18/h3-5,7-12,17H,6,13-16H2,1-2H3,(H,22,23). The van der Waals surface area contributed by atoms with Crippen molar-refractivity contribution >= 4 is 5.91 Å². The molecule has 0 spiro atoms. The number of benzene rings is 2. The SMILES string of the molecule is CC(C)COCCCNC(=O)c1ccc(OCc2ccccc2)cc1. The Labute approximate surface area is 150 Å². The predicted octanol–water partition coefficient (Wildman–Crippen LogP) is 4.06. The summed E-state index contributed by atoms with van der Waals surface area (Å²) in [4.78, 5) is 12.1. The lowest BCUT2D eigenvalue weighted by molar-refractivity contribution is 0.0925. The van der Waals surface area contributed by atoms with E-state index in [2.05, 4.69) is 19.2 Å². The van der Waals surface area contributed by atoms with Gasteiger partial charge in [-0.1, -0.05) is 44.2 Å². The third-order valence-corrected chi connectivity index (χ3v) is 3.57. The minimum atomic E-state index is -0.0709. The molecule has 2 aromatic rings. The van der Waals surface area contributed by atoms with Gasteiger partial charge in [0.15, 0.2) is 0 Å². The lowest BCUT2D eigenvalue weighted by atomic mass is 10.2. The second-order valence-electron chi connectivity index (χ2n) is 6.38. The Morgan fingerprint density at radius 2 is 1.76 bits per heavy atom. The van der Waals surface area contributed by atoms with E-state index < -0.39 is 0 Å². The van der Waals surface area contributed by atoms with Gasteiger partial charge in [0, 0.05) is 25.3 Å². The molecule has 0 aliphatic heterocycles. The van der Waals surface area contributed by atoms with Crippen LogP contribution in [0, 0.1) is 5.92 Å². The smallest absolute Gasteiger partial charge is 0.251 e. The maximum atomic E-state index is 12.1. The summed E-state index contributed by atoms with van der Waals surface area (Å²) in [6, 6.07) is 17.2. The number of ether oxygens (including phenoxy) is 2. The molecule has 1 N–H and O–H groups in total. The number of carbonyl (C=O) groups excluding carboxylic acids is 1. The van der Waals surface area contributed by atoms with Crippen LogP contribution in [0.3, 0.4) is 0 Å². The third-order valence-electron chi connectivity index (χ3n) is 3.57. The van der Waals surface area contributed by atoms with Gasteiger partial charge in [-0.2, -0.15) is 0 Å². The molecule has 0 fully saturated rings. The molecule has 1 amide bonds. The Morgan fingerprint density at radius 1 is 1.04 bits per heavy atom. The van der Waals surface area contributed by atoms with E-state index in [-0.39, 0.29) is 5.91 Å². The van der Waals surface area contributed by atoms with Gasteiger partial charge in [-0.15, -0.1) is 0 Å². The van der Waals surface area contributed by atoms with Gasteiger partial charge in [0.25, 0.3) is 5.91 Å². The van der Waals surface area contributed by atoms with Crippen LogP contribution in [0.25, 0.3) is 0 Å². The third kappa shape index (κ3) is 7.40. The monoisotopic (exact) mass is 341 g/mol. The number of carbonyl (C=O) groups is 1. The average Bonchev–Trinajstić information content (AvgIpc) is 2.63. The molecule has 134 valence electrons. The van der Waals surface area contributed by atoms with Gasteiger partial charge in [-0.05, 0) is 42.2 Å². The summed E-state index contributed by atoms with van der Waals surface area (Å²) in [6.07, 6.45) is 0.816. The quantitative estimate of drug-likeness (QED) is 0.663. The second kappa shape index (κ2) is 10.5. The summed E-state index contributed by atoms with van der Waals surface area (Å²) in [7, 11) is 0. The van der Waals surface area contributed by atoms with Crippen molar-refractivity contribution in [1.82, 2.24) is 5.32 Å².